The minimum absolute atomic E-state index is 0.482. The van der Waals surface area contributed by atoms with Crippen LogP contribution in [-0.4, -0.2) is 5.78 Å². The van der Waals surface area contributed by atoms with Crippen LogP contribution in [0.3, 0.4) is 0 Å². The van der Waals surface area contributed by atoms with Gasteiger partial charge in [0, 0.05) is 12.8 Å². The Hall–Kier alpha value is -0.330. The molecule has 1 rings (SSSR count). The lowest BCUT2D eigenvalue weighted by Crippen LogP contribution is -2.13. The van der Waals surface area contributed by atoms with E-state index in [1.165, 1.54) is 6.42 Å². The van der Waals surface area contributed by atoms with E-state index in [4.69, 9.17) is 0 Å². The van der Waals surface area contributed by atoms with E-state index in [0.29, 0.717) is 23.5 Å². The average Bonchev–Trinajstić information content (AvgIpc) is 2.30. The summed E-state index contributed by atoms with van der Waals surface area (Å²) in [5.41, 5.74) is 0. The number of carbonyl (C=O) groups excluding carboxylic acids is 1. The average molecular weight is 154 g/mol. The van der Waals surface area contributed by atoms with Crippen molar-refractivity contribution in [1.82, 2.24) is 0 Å². The summed E-state index contributed by atoms with van der Waals surface area (Å²) in [7, 11) is 0. The van der Waals surface area contributed by atoms with Gasteiger partial charge in [0.05, 0.1) is 0 Å². The second-order valence-electron chi connectivity index (χ2n) is 4.02. The summed E-state index contributed by atoms with van der Waals surface area (Å²) in [6.45, 7) is 6.65. The minimum Gasteiger partial charge on any atom is -0.300 e. The molecule has 2 atom stereocenters. The number of Topliss-reactive ketones (excluding diaryl/α,β-unsaturated/α-hetero) is 1. The highest BCUT2D eigenvalue weighted by Crippen LogP contribution is 2.36. The maximum Gasteiger partial charge on any atom is 0.133 e. The molecule has 1 nitrogen and oxygen atoms in total. The lowest BCUT2D eigenvalue weighted by molar-refractivity contribution is -0.117. The van der Waals surface area contributed by atoms with Crippen LogP contribution in [-0.2, 0) is 4.79 Å². The van der Waals surface area contributed by atoms with E-state index in [1.54, 1.807) is 0 Å². The lowest BCUT2D eigenvalue weighted by Gasteiger charge is -2.20. The molecule has 1 aliphatic carbocycles. The highest BCUT2D eigenvalue weighted by atomic mass is 16.1. The zero-order chi connectivity index (χ0) is 8.43. The van der Waals surface area contributed by atoms with Gasteiger partial charge in [0.2, 0.25) is 0 Å². The van der Waals surface area contributed by atoms with Crippen molar-refractivity contribution in [3.05, 3.63) is 0 Å². The Kier molecular flexibility index (Phi) is 2.69. The maximum absolute atomic E-state index is 11.1. The Morgan fingerprint density at radius 2 is 2.09 bits per heavy atom. The highest BCUT2D eigenvalue weighted by Gasteiger charge is 2.33. The fourth-order valence-electron chi connectivity index (χ4n) is 2.18. The van der Waals surface area contributed by atoms with Gasteiger partial charge in [-0.05, 0) is 17.8 Å². The van der Waals surface area contributed by atoms with Gasteiger partial charge in [0.15, 0.2) is 0 Å². The molecular weight excluding hydrogens is 136 g/mol. The molecule has 2 unspecified atom stereocenters. The summed E-state index contributed by atoms with van der Waals surface area (Å²) < 4.78 is 0. The molecule has 0 bridgehead atoms. The first-order valence-corrected chi connectivity index (χ1v) is 4.66. The molecule has 1 saturated carbocycles. The van der Waals surface area contributed by atoms with Gasteiger partial charge in [-0.2, -0.15) is 0 Å². The Bertz CT molecular complexity index is 149. The first-order chi connectivity index (χ1) is 5.15. The molecule has 1 aliphatic rings. The van der Waals surface area contributed by atoms with Crippen LogP contribution >= 0.6 is 0 Å². The van der Waals surface area contributed by atoms with Gasteiger partial charge in [0.25, 0.3) is 0 Å². The molecule has 0 amide bonds. The van der Waals surface area contributed by atoms with Gasteiger partial charge >= 0.3 is 0 Å². The number of hydrogen-bond acceptors (Lipinski definition) is 1. The summed E-state index contributed by atoms with van der Waals surface area (Å²) in [5, 5.41) is 0. The molecule has 0 saturated heterocycles. The van der Waals surface area contributed by atoms with Crippen LogP contribution in [0.4, 0.5) is 0 Å². The number of carbonyl (C=O) groups is 1. The van der Waals surface area contributed by atoms with Gasteiger partial charge in [-0.1, -0.05) is 27.2 Å². The molecular formula is C10H18O. The summed E-state index contributed by atoms with van der Waals surface area (Å²) in [4.78, 5) is 11.1. The van der Waals surface area contributed by atoms with E-state index < -0.39 is 0 Å². The number of rotatable bonds is 2. The van der Waals surface area contributed by atoms with Crippen molar-refractivity contribution >= 4 is 5.78 Å². The van der Waals surface area contributed by atoms with Gasteiger partial charge in [-0.3, -0.25) is 4.79 Å². The number of ketones is 1. The molecule has 11 heavy (non-hydrogen) atoms. The van der Waals surface area contributed by atoms with Crippen LogP contribution in [0.2, 0.25) is 0 Å². The van der Waals surface area contributed by atoms with Crippen LogP contribution in [0, 0.1) is 17.8 Å². The predicted molar refractivity (Wildman–Crippen MR) is 46.4 cm³/mol. The Morgan fingerprint density at radius 3 is 2.45 bits per heavy atom. The molecule has 1 heteroatoms. The third-order valence-corrected chi connectivity index (χ3v) is 2.94. The van der Waals surface area contributed by atoms with Crippen molar-refractivity contribution in [2.24, 2.45) is 17.8 Å². The van der Waals surface area contributed by atoms with Crippen LogP contribution in [0.25, 0.3) is 0 Å². The van der Waals surface area contributed by atoms with Crippen molar-refractivity contribution in [3.8, 4) is 0 Å². The van der Waals surface area contributed by atoms with E-state index in [0.717, 1.165) is 12.8 Å². The van der Waals surface area contributed by atoms with Crippen molar-refractivity contribution in [1.29, 1.82) is 0 Å². The van der Waals surface area contributed by atoms with E-state index in [2.05, 4.69) is 20.8 Å². The summed E-state index contributed by atoms with van der Waals surface area (Å²) >= 11 is 0. The molecule has 0 N–H and O–H groups in total. The van der Waals surface area contributed by atoms with E-state index in [1.807, 2.05) is 0 Å². The number of hydrogen-bond donors (Lipinski definition) is 0. The van der Waals surface area contributed by atoms with Gasteiger partial charge in [0.1, 0.15) is 5.78 Å². The fraction of sp³-hybridized carbons (Fsp3) is 0.900. The summed E-state index contributed by atoms with van der Waals surface area (Å²) in [6, 6.07) is 0. The van der Waals surface area contributed by atoms with E-state index in [9.17, 15) is 4.79 Å². The van der Waals surface area contributed by atoms with Crippen molar-refractivity contribution in [2.45, 2.75) is 40.0 Å². The third-order valence-electron chi connectivity index (χ3n) is 2.94. The molecule has 0 aromatic rings. The van der Waals surface area contributed by atoms with Gasteiger partial charge in [-0.25, -0.2) is 0 Å². The summed E-state index contributed by atoms with van der Waals surface area (Å²) in [5.74, 6) is 2.52. The van der Waals surface area contributed by atoms with Crippen LogP contribution in [0.5, 0.6) is 0 Å². The highest BCUT2D eigenvalue weighted by molar-refractivity contribution is 5.81. The molecule has 0 aromatic heterocycles. The summed E-state index contributed by atoms with van der Waals surface area (Å²) in [6.07, 6.45) is 2.87. The van der Waals surface area contributed by atoms with E-state index in [-0.39, 0.29) is 0 Å². The first kappa shape index (κ1) is 8.76. The zero-order valence-corrected chi connectivity index (χ0v) is 7.76. The fourth-order valence-corrected chi connectivity index (χ4v) is 2.18. The van der Waals surface area contributed by atoms with Crippen molar-refractivity contribution in [3.63, 3.8) is 0 Å². The lowest BCUT2D eigenvalue weighted by atomic mass is 9.85. The molecule has 0 spiro atoms. The monoisotopic (exact) mass is 154 g/mol. The topological polar surface area (TPSA) is 17.1 Å². The van der Waals surface area contributed by atoms with Crippen LogP contribution in [0.15, 0.2) is 0 Å². The second-order valence-corrected chi connectivity index (χ2v) is 4.02. The molecule has 0 aromatic carbocycles. The molecule has 1 fully saturated rings. The molecule has 0 aliphatic heterocycles. The minimum atomic E-state index is 0.482. The Balaban J connectivity index is 2.57. The smallest absolute Gasteiger partial charge is 0.133 e. The van der Waals surface area contributed by atoms with Gasteiger partial charge < -0.3 is 0 Å². The Morgan fingerprint density at radius 1 is 1.45 bits per heavy atom. The first-order valence-electron chi connectivity index (χ1n) is 4.66. The maximum atomic E-state index is 11.1. The van der Waals surface area contributed by atoms with Crippen LogP contribution < -0.4 is 0 Å². The SMILES string of the molecule is CCC1CC(=O)CC1C(C)C. The van der Waals surface area contributed by atoms with Gasteiger partial charge in [-0.15, -0.1) is 0 Å². The Labute approximate surface area is 69.2 Å². The van der Waals surface area contributed by atoms with Crippen molar-refractivity contribution < 1.29 is 4.79 Å². The van der Waals surface area contributed by atoms with Crippen molar-refractivity contribution in [2.75, 3.05) is 0 Å². The molecule has 64 valence electrons. The largest absolute Gasteiger partial charge is 0.300 e. The second kappa shape index (κ2) is 3.38. The third kappa shape index (κ3) is 1.82. The zero-order valence-electron chi connectivity index (χ0n) is 7.76. The van der Waals surface area contributed by atoms with Crippen LogP contribution in [0.1, 0.15) is 40.0 Å². The normalized spacial score (nSPS) is 31.8. The standard InChI is InChI=1S/C10H18O/c1-4-8-5-9(11)6-10(8)7(2)3/h7-8,10H,4-6H2,1-3H3. The van der Waals surface area contributed by atoms with E-state index >= 15 is 0 Å². The quantitative estimate of drug-likeness (QED) is 0.597. The molecule has 0 heterocycles. The molecule has 0 radical (unpaired) electrons. The predicted octanol–water partition coefficient (Wildman–Crippen LogP) is 2.65.